The Morgan fingerprint density at radius 3 is 2.58 bits per heavy atom. The second-order valence-electron chi connectivity index (χ2n) is 6.28. The van der Waals surface area contributed by atoms with Crippen molar-refractivity contribution >= 4 is 29.1 Å². The number of hydrogen-bond donors (Lipinski definition) is 1. The van der Waals surface area contributed by atoms with Crippen molar-refractivity contribution in [3.8, 4) is 5.75 Å². The van der Waals surface area contributed by atoms with Crippen molar-refractivity contribution in [3.63, 3.8) is 0 Å². The van der Waals surface area contributed by atoms with Crippen molar-refractivity contribution in [2.45, 2.75) is 12.8 Å². The molecule has 5 nitrogen and oxygen atoms in total. The Morgan fingerprint density at radius 1 is 1.12 bits per heavy atom. The van der Waals surface area contributed by atoms with E-state index in [4.69, 9.17) is 16.3 Å². The number of hydrogen-bond acceptors (Lipinski definition) is 3. The van der Waals surface area contributed by atoms with Crippen LogP contribution in [0.5, 0.6) is 5.75 Å². The van der Waals surface area contributed by atoms with Crippen LogP contribution in [0.4, 0.5) is 5.69 Å². The van der Waals surface area contributed by atoms with E-state index in [1.54, 1.807) is 29.2 Å². The van der Waals surface area contributed by atoms with Gasteiger partial charge >= 0.3 is 0 Å². The highest BCUT2D eigenvalue weighted by molar-refractivity contribution is 6.30. The monoisotopic (exact) mass is 372 g/mol. The van der Waals surface area contributed by atoms with Gasteiger partial charge in [0.2, 0.25) is 5.91 Å². The van der Waals surface area contributed by atoms with Gasteiger partial charge in [-0.2, -0.15) is 0 Å². The molecular formula is C20H21ClN2O3. The fraction of sp³-hybridized carbons (Fsp3) is 0.300. The molecule has 0 radical (unpaired) electrons. The normalized spacial score (nSPS) is 16.8. The first kappa shape index (κ1) is 18.3. The standard InChI is InChI=1S/C20H21ClN2O3/c21-16-8-10-18(11-9-16)26-14-19(24)23-12-4-5-15(13-23)20(25)22-17-6-2-1-3-7-17/h1-3,6-11,15H,4-5,12-14H2,(H,22,25)/t15-/m1/s1. The van der Waals surface area contributed by atoms with Gasteiger partial charge in [-0.05, 0) is 49.2 Å². The van der Waals surface area contributed by atoms with E-state index < -0.39 is 0 Å². The van der Waals surface area contributed by atoms with E-state index in [1.807, 2.05) is 30.3 Å². The van der Waals surface area contributed by atoms with Gasteiger partial charge in [0.25, 0.3) is 5.91 Å². The topological polar surface area (TPSA) is 58.6 Å². The molecule has 1 atom stereocenters. The van der Waals surface area contributed by atoms with E-state index >= 15 is 0 Å². The van der Waals surface area contributed by atoms with Crippen molar-refractivity contribution in [3.05, 3.63) is 59.6 Å². The number of rotatable bonds is 5. The van der Waals surface area contributed by atoms with Crippen LogP contribution in [0.1, 0.15) is 12.8 Å². The fourth-order valence-electron chi connectivity index (χ4n) is 2.95. The third-order valence-corrected chi connectivity index (χ3v) is 4.61. The third kappa shape index (κ3) is 4.99. The zero-order valence-corrected chi connectivity index (χ0v) is 15.1. The average molecular weight is 373 g/mol. The predicted octanol–water partition coefficient (Wildman–Crippen LogP) is 3.60. The Balaban J connectivity index is 1.51. The lowest BCUT2D eigenvalue weighted by Crippen LogP contribution is -2.45. The molecule has 1 aliphatic heterocycles. The minimum absolute atomic E-state index is 0.0470. The van der Waals surface area contributed by atoms with Crippen LogP contribution in [-0.2, 0) is 9.59 Å². The molecule has 1 fully saturated rings. The maximum atomic E-state index is 12.5. The Labute approximate surface area is 157 Å². The predicted molar refractivity (Wildman–Crippen MR) is 101 cm³/mol. The Kier molecular flexibility index (Phi) is 6.12. The molecule has 0 saturated carbocycles. The van der Waals surface area contributed by atoms with E-state index in [-0.39, 0.29) is 24.3 Å². The van der Waals surface area contributed by atoms with Gasteiger partial charge in [-0.3, -0.25) is 9.59 Å². The van der Waals surface area contributed by atoms with Gasteiger partial charge in [-0.1, -0.05) is 29.8 Å². The summed E-state index contributed by atoms with van der Waals surface area (Å²) in [6.45, 7) is 1.02. The number of ether oxygens (including phenoxy) is 1. The van der Waals surface area contributed by atoms with Crippen molar-refractivity contribution in [1.29, 1.82) is 0 Å². The molecule has 136 valence electrons. The lowest BCUT2D eigenvalue weighted by molar-refractivity contribution is -0.136. The number of anilines is 1. The minimum atomic E-state index is -0.205. The van der Waals surface area contributed by atoms with Crippen LogP contribution in [0.25, 0.3) is 0 Å². The number of nitrogens with one attached hydrogen (secondary N) is 1. The van der Waals surface area contributed by atoms with Gasteiger partial charge in [-0.15, -0.1) is 0 Å². The molecule has 2 aromatic carbocycles. The number of nitrogens with zero attached hydrogens (tertiary/aromatic N) is 1. The molecule has 0 aromatic heterocycles. The molecule has 26 heavy (non-hydrogen) atoms. The summed E-state index contributed by atoms with van der Waals surface area (Å²) in [5.41, 5.74) is 0.770. The van der Waals surface area contributed by atoms with E-state index in [0.29, 0.717) is 23.9 Å². The molecule has 0 aliphatic carbocycles. The molecule has 0 bridgehead atoms. The zero-order chi connectivity index (χ0) is 18.4. The first-order valence-electron chi connectivity index (χ1n) is 8.64. The van der Waals surface area contributed by atoms with E-state index in [9.17, 15) is 9.59 Å². The number of carbonyl (C=O) groups excluding carboxylic acids is 2. The van der Waals surface area contributed by atoms with Gasteiger partial charge in [0, 0.05) is 23.8 Å². The van der Waals surface area contributed by atoms with Crippen molar-refractivity contribution in [2.75, 3.05) is 25.0 Å². The summed E-state index contributed by atoms with van der Waals surface area (Å²) < 4.78 is 5.52. The first-order valence-corrected chi connectivity index (χ1v) is 9.01. The van der Waals surface area contributed by atoms with E-state index in [1.165, 1.54) is 0 Å². The summed E-state index contributed by atoms with van der Waals surface area (Å²) in [5.74, 6) is 0.228. The minimum Gasteiger partial charge on any atom is -0.484 e. The molecule has 1 saturated heterocycles. The molecule has 0 unspecified atom stereocenters. The van der Waals surface area contributed by atoms with Crippen LogP contribution >= 0.6 is 11.6 Å². The molecule has 2 amide bonds. The highest BCUT2D eigenvalue weighted by Gasteiger charge is 2.28. The van der Waals surface area contributed by atoms with Gasteiger partial charge in [-0.25, -0.2) is 0 Å². The summed E-state index contributed by atoms with van der Waals surface area (Å²) in [7, 11) is 0. The second kappa shape index (κ2) is 8.72. The van der Waals surface area contributed by atoms with E-state index in [0.717, 1.165) is 18.5 Å². The fourth-order valence-corrected chi connectivity index (χ4v) is 3.08. The molecule has 2 aromatic rings. The molecule has 1 aliphatic rings. The van der Waals surface area contributed by atoms with Crippen LogP contribution in [0.3, 0.4) is 0 Å². The Bertz CT molecular complexity index is 749. The number of para-hydroxylation sites is 1. The van der Waals surface area contributed by atoms with E-state index in [2.05, 4.69) is 5.32 Å². The first-order chi connectivity index (χ1) is 12.6. The number of amides is 2. The maximum Gasteiger partial charge on any atom is 0.260 e. The molecule has 3 rings (SSSR count). The van der Waals surface area contributed by atoms with Crippen LogP contribution < -0.4 is 10.1 Å². The van der Waals surface area contributed by atoms with Crippen molar-refractivity contribution < 1.29 is 14.3 Å². The van der Waals surface area contributed by atoms with Crippen molar-refractivity contribution in [1.82, 2.24) is 4.90 Å². The van der Waals surface area contributed by atoms with Gasteiger partial charge in [0.1, 0.15) is 5.75 Å². The number of piperidine rings is 1. The number of halogens is 1. The number of benzene rings is 2. The molecular weight excluding hydrogens is 352 g/mol. The molecule has 1 N–H and O–H groups in total. The van der Waals surface area contributed by atoms with Crippen LogP contribution in [0.2, 0.25) is 5.02 Å². The number of likely N-dealkylation sites (tertiary alicyclic amines) is 1. The SMILES string of the molecule is O=C(Nc1ccccc1)[C@@H]1CCCN(C(=O)COc2ccc(Cl)cc2)C1. The lowest BCUT2D eigenvalue weighted by atomic mass is 9.97. The highest BCUT2D eigenvalue weighted by Crippen LogP contribution is 2.20. The molecule has 0 spiro atoms. The largest absolute Gasteiger partial charge is 0.484 e. The van der Waals surface area contributed by atoms with Gasteiger partial charge in [0.15, 0.2) is 6.61 Å². The Hall–Kier alpha value is -2.53. The quantitative estimate of drug-likeness (QED) is 0.872. The Morgan fingerprint density at radius 2 is 1.85 bits per heavy atom. The highest BCUT2D eigenvalue weighted by atomic mass is 35.5. The zero-order valence-electron chi connectivity index (χ0n) is 14.4. The summed E-state index contributed by atoms with van der Waals surface area (Å²) in [4.78, 5) is 26.6. The van der Waals surface area contributed by atoms with Crippen molar-refractivity contribution in [2.24, 2.45) is 5.92 Å². The van der Waals surface area contributed by atoms with Crippen LogP contribution in [0, 0.1) is 5.92 Å². The summed E-state index contributed by atoms with van der Waals surface area (Å²) >= 11 is 5.83. The van der Waals surface area contributed by atoms with Crippen LogP contribution in [-0.4, -0.2) is 36.4 Å². The molecule has 1 heterocycles. The third-order valence-electron chi connectivity index (χ3n) is 4.36. The smallest absolute Gasteiger partial charge is 0.260 e. The van der Waals surface area contributed by atoms with Crippen LogP contribution in [0.15, 0.2) is 54.6 Å². The second-order valence-corrected chi connectivity index (χ2v) is 6.71. The maximum absolute atomic E-state index is 12.5. The number of carbonyl (C=O) groups is 2. The average Bonchev–Trinajstić information content (AvgIpc) is 2.68. The van der Waals surface area contributed by atoms with Gasteiger partial charge < -0.3 is 15.0 Å². The summed E-state index contributed by atoms with van der Waals surface area (Å²) in [6, 6.07) is 16.2. The van der Waals surface area contributed by atoms with Gasteiger partial charge in [0.05, 0.1) is 5.92 Å². The summed E-state index contributed by atoms with van der Waals surface area (Å²) in [6.07, 6.45) is 1.58. The molecule has 6 heteroatoms. The summed E-state index contributed by atoms with van der Waals surface area (Å²) in [5, 5.41) is 3.53. The lowest BCUT2D eigenvalue weighted by Gasteiger charge is -2.32.